The zero-order valence-electron chi connectivity index (χ0n) is 16.5. The number of rotatable bonds is 3. The first-order valence-electron chi connectivity index (χ1n) is 10.4. The van der Waals surface area contributed by atoms with E-state index >= 15 is 0 Å². The minimum Gasteiger partial charge on any atom is -0.390 e. The van der Waals surface area contributed by atoms with Gasteiger partial charge >= 0.3 is 0 Å². The molecule has 2 aliphatic carbocycles. The maximum absolute atomic E-state index is 12.5. The predicted molar refractivity (Wildman–Crippen MR) is 104 cm³/mol. The SMILES string of the molecule is CC(C)c1ccc(C2CCC3(CC2)CN(C(=O)[C@H]2C[C@@](C)(O)C2)C3)cc1. The highest BCUT2D eigenvalue weighted by Gasteiger charge is 2.51. The Morgan fingerprint density at radius 2 is 1.69 bits per heavy atom. The topological polar surface area (TPSA) is 40.5 Å². The normalized spacial score (nSPS) is 31.0. The van der Waals surface area contributed by atoms with Gasteiger partial charge in [-0.1, -0.05) is 38.1 Å². The molecule has 1 spiro atoms. The fraction of sp³-hybridized carbons (Fsp3) is 0.696. The van der Waals surface area contributed by atoms with E-state index in [4.69, 9.17) is 0 Å². The van der Waals surface area contributed by atoms with Crippen molar-refractivity contribution in [3.05, 3.63) is 35.4 Å². The van der Waals surface area contributed by atoms with Gasteiger partial charge in [-0.05, 0) is 68.4 Å². The lowest BCUT2D eigenvalue weighted by atomic mass is 9.63. The number of benzene rings is 1. The molecule has 1 heterocycles. The van der Waals surface area contributed by atoms with Gasteiger partial charge in [0.1, 0.15) is 0 Å². The van der Waals surface area contributed by atoms with Crippen molar-refractivity contribution >= 4 is 5.91 Å². The Balaban J connectivity index is 1.27. The summed E-state index contributed by atoms with van der Waals surface area (Å²) in [6.07, 6.45) is 6.28. The molecular weight excluding hydrogens is 322 g/mol. The summed E-state index contributed by atoms with van der Waals surface area (Å²) in [6.45, 7) is 8.22. The molecule has 1 aromatic rings. The van der Waals surface area contributed by atoms with Crippen LogP contribution in [-0.2, 0) is 4.79 Å². The van der Waals surface area contributed by atoms with Gasteiger partial charge in [0, 0.05) is 24.4 Å². The highest BCUT2D eigenvalue weighted by atomic mass is 16.3. The molecule has 1 amide bonds. The number of aliphatic hydroxyl groups is 1. The first-order chi connectivity index (χ1) is 12.3. The van der Waals surface area contributed by atoms with Crippen LogP contribution in [-0.4, -0.2) is 34.6 Å². The fourth-order valence-corrected chi connectivity index (χ4v) is 5.39. The molecule has 1 aromatic carbocycles. The quantitative estimate of drug-likeness (QED) is 0.870. The molecule has 3 fully saturated rings. The summed E-state index contributed by atoms with van der Waals surface area (Å²) in [5.74, 6) is 1.64. The lowest BCUT2D eigenvalue weighted by molar-refractivity contribution is -0.163. The Bertz CT molecular complexity index is 652. The van der Waals surface area contributed by atoms with Crippen molar-refractivity contribution < 1.29 is 9.90 Å². The Kier molecular flexibility index (Phi) is 4.42. The summed E-state index contributed by atoms with van der Waals surface area (Å²) in [6, 6.07) is 9.25. The highest BCUT2D eigenvalue weighted by Crippen LogP contribution is 2.49. The third kappa shape index (κ3) is 3.31. The highest BCUT2D eigenvalue weighted by molar-refractivity contribution is 5.81. The second-order valence-electron chi connectivity index (χ2n) is 9.89. The summed E-state index contributed by atoms with van der Waals surface area (Å²) in [7, 11) is 0. The molecule has 3 nitrogen and oxygen atoms in total. The number of hydrogen-bond acceptors (Lipinski definition) is 2. The van der Waals surface area contributed by atoms with Gasteiger partial charge in [0.25, 0.3) is 0 Å². The van der Waals surface area contributed by atoms with Crippen LogP contribution in [0.2, 0.25) is 0 Å². The molecule has 2 saturated carbocycles. The van der Waals surface area contributed by atoms with E-state index in [0.29, 0.717) is 30.1 Å². The number of hydrogen-bond donors (Lipinski definition) is 1. The molecule has 0 unspecified atom stereocenters. The van der Waals surface area contributed by atoms with E-state index in [-0.39, 0.29) is 11.8 Å². The summed E-state index contributed by atoms with van der Waals surface area (Å²) in [4.78, 5) is 14.6. The average molecular weight is 356 g/mol. The molecule has 142 valence electrons. The monoisotopic (exact) mass is 355 g/mol. The van der Waals surface area contributed by atoms with Crippen LogP contribution in [0.15, 0.2) is 24.3 Å². The van der Waals surface area contributed by atoms with Crippen molar-refractivity contribution in [1.82, 2.24) is 4.90 Å². The molecule has 3 aliphatic rings. The van der Waals surface area contributed by atoms with Crippen LogP contribution in [0.1, 0.15) is 82.3 Å². The van der Waals surface area contributed by atoms with E-state index in [1.165, 1.54) is 36.8 Å². The van der Waals surface area contributed by atoms with E-state index in [1.807, 2.05) is 6.92 Å². The van der Waals surface area contributed by atoms with E-state index in [0.717, 1.165) is 13.1 Å². The van der Waals surface area contributed by atoms with Crippen molar-refractivity contribution in [2.24, 2.45) is 11.3 Å². The first-order valence-corrected chi connectivity index (χ1v) is 10.4. The van der Waals surface area contributed by atoms with Crippen LogP contribution < -0.4 is 0 Å². The maximum Gasteiger partial charge on any atom is 0.225 e. The summed E-state index contributed by atoms with van der Waals surface area (Å²) in [5.41, 5.74) is 2.69. The molecule has 3 heteroatoms. The van der Waals surface area contributed by atoms with E-state index < -0.39 is 5.60 Å². The zero-order valence-corrected chi connectivity index (χ0v) is 16.5. The van der Waals surface area contributed by atoms with Crippen LogP contribution in [0.25, 0.3) is 0 Å². The van der Waals surface area contributed by atoms with Gasteiger partial charge < -0.3 is 10.0 Å². The van der Waals surface area contributed by atoms with Crippen LogP contribution >= 0.6 is 0 Å². The lowest BCUT2D eigenvalue weighted by Gasteiger charge is -2.55. The van der Waals surface area contributed by atoms with Crippen LogP contribution in [0.3, 0.4) is 0 Å². The number of nitrogens with zero attached hydrogens (tertiary/aromatic N) is 1. The van der Waals surface area contributed by atoms with Crippen LogP contribution in [0, 0.1) is 11.3 Å². The van der Waals surface area contributed by atoms with E-state index in [9.17, 15) is 9.90 Å². The Labute approximate surface area is 157 Å². The molecular formula is C23H33NO2. The van der Waals surface area contributed by atoms with Gasteiger partial charge in [-0.15, -0.1) is 0 Å². The van der Waals surface area contributed by atoms with Gasteiger partial charge in [-0.2, -0.15) is 0 Å². The Morgan fingerprint density at radius 1 is 1.12 bits per heavy atom. The minimum absolute atomic E-state index is 0.0677. The van der Waals surface area contributed by atoms with Gasteiger partial charge in [0.05, 0.1) is 5.60 Å². The molecule has 0 bridgehead atoms. The van der Waals surface area contributed by atoms with Crippen LogP contribution in [0.4, 0.5) is 0 Å². The Hall–Kier alpha value is -1.35. The first kappa shape index (κ1) is 18.0. The minimum atomic E-state index is -0.605. The van der Waals surface area contributed by atoms with Gasteiger partial charge in [0.2, 0.25) is 5.91 Å². The molecule has 0 radical (unpaired) electrons. The molecule has 0 aromatic heterocycles. The van der Waals surface area contributed by atoms with Crippen molar-refractivity contribution in [3.8, 4) is 0 Å². The molecule has 1 saturated heterocycles. The van der Waals surface area contributed by atoms with Gasteiger partial charge in [-0.25, -0.2) is 0 Å². The molecule has 0 atom stereocenters. The summed E-state index contributed by atoms with van der Waals surface area (Å²) >= 11 is 0. The number of carbonyl (C=O) groups is 1. The third-order valence-electron chi connectivity index (χ3n) is 7.21. The Morgan fingerprint density at radius 3 is 2.19 bits per heavy atom. The van der Waals surface area contributed by atoms with E-state index in [2.05, 4.69) is 43.0 Å². The maximum atomic E-state index is 12.5. The third-order valence-corrected chi connectivity index (χ3v) is 7.21. The second-order valence-corrected chi connectivity index (χ2v) is 9.89. The predicted octanol–water partition coefficient (Wildman–Crippen LogP) is 4.46. The average Bonchev–Trinajstić information content (AvgIpc) is 2.57. The standard InChI is InChI=1S/C23H33NO2/c1-16(2)17-4-6-18(7-5-17)19-8-10-23(11-9-19)14-24(15-23)21(25)20-12-22(3,26)13-20/h4-7,16,19-20,26H,8-15H2,1-3H3/t20-,22+. The second kappa shape index (κ2) is 6.37. The van der Waals surface area contributed by atoms with Crippen molar-refractivity contribution in [2.75, 3.05) is 13.1 Å². The molecule has 4 rings (SSSR count). The molecule has 1 N–H and O–H groups in total. The summed E-state index contributed by atoms with van der Waals surface area (Å²) < 4.78 is 0. The molecule has 26 heavy (non-hydrogen) atoms. The van der Waals surface area contributed by atoms with E-state index in [1.54, 1.807) is 0 Å². The van der Waals surface area contributed by atoms with Crippen molar-refractivity contribution in [3.63, 3.8) is 0 Å². The number of amides is 1. The number of likely N-dealkylation sites (tertiary alicyclic amines) is 1. The van der Waals surface area contributed by atoms with Gasteiger partial charge in [0.15, 0.2) is 0 Å². The van der Waals surface area contributed by atoms with Gasteiger partial charge in [-0.3, -0.25) is 4.79 Å². The lowest BCUT2D eigenvalue weighted by Crippen LogP contribution is -2.62. The van der Waals surface area contributed by atoms with Crippen molar-refractivity contribution in [2.45, 2.75) is 76.7 Å². The zero-order chi connectivity index (χ0) is 18.5. The smallest absolute Gasteiger partial charge is 0.225 e. The summed E-state index contributed by atoms with van der Waals surface area (Å²) in [5, 5.41) is 9.86. The fourth-order valence-electron chi connectivity index (χ4n) is 5.39. The number of carbonyl (C=O) groups excluding carboxylic acids is 1. The van der Waals surface area contributed by atoms with Crippen LogP contribution in [0.5, 0.6) is 0 Å². The largest absolute Gasteiger partial charge is 0.390 e. The van der Waals surface area contributed by atoms with Crippen molar-refractivity contribution in [1.29, 1.82) is 0 Å². The molecule has 1 aliphatic heterocycles.